The van der Waals surface area contributed by atoms with Gasteiger partial charge in [-0.1, -0.05) is 6.08 Å². The molecule has 1 aliphatic carbocycles. The van der Waals surface area contributed by atoms with Crippen molar-refractivity contribution in [2.24, 2.45) is 0 Å². The Morgan fingerprint density at radius 3 is 2.94 bits per heavy atom. The maximum atomic E-state index is 11.5. The van der Waals surface area contributed by atoms with Crippen LogP contribution in [0.5, 0.6) is 0 Å². The van der Waals surface area contributed by atoms with Crippen LogP contribution in [-0.2, 0) is 4.74 Å². The van der Waals surface area contributed by atoms with E-state index in [4.69, 9.17) is 4.74 Å². The van der Waals surface area contributed by atoms with Crippen molar-refractivity contribution in [2.75, 3.05) is 5.32 Å². The number of hydrogen-bond acceptors (Lipinski definition) is 3. The molecule has 0 aromatic carbocycles. The number of nitrogens with zero attached hydrogens (tertiary/aromatic N) is 1. The molecule has 1 aliphatic rings. The Morgan fingerprint density at radius 1 is 1.41 bits per heavy atom. The molecule has 1 aromatic heterocycles. The van der Waals surface area contributed by atoms with Gasteiger partial charge < -0.3 is 4.74 Å². The number of ether oxygens (including phenoxy) is 1. The summed E-state index contributed by atoms with van der Waals surface area (Å²) in [5, 5.41) is 2.55. The second-order valence-electron chi connectivity index (χ2n) is 3.46. The Hall–Kier alpha value is -1.62. The van der Waals surface area contributed by atoms with Gasteiger partial charge in [0.25, 0.3) is 0 Å². The maximum absolute atomic E-state index is 11.5. The smallest absolute Gasteiger partial charge is 0.410 e. The van der Waals surface area contributed by atoms with Crippen molar-refractivity contribution in [1.82, 2.24) is 4.98 Å². The van der Waals surface area contributed by atoms with Crippen LogP contribution in [0, 0.1) is 0 Å². The second-order valence-corrected chi connectivity index (χ2v) is 4.38. The third-order valence-corrected chi connectivity index (χ3v) is 2.60. The van der Waals surface area contributed by atoms with Gasteiger partial charge >= 0.3 is 6.09 Å². The Kier molecular flexibility index (Phi) is 3.93. The molecular weight excluding hydrogens is 284 g/mol. The van der Waals surface area contributed by atoms with E-state index >= 15 is 0 Å². The van der Waals surface area contributed by atoms with Crippen molar-refractivity contribution in [3.8, 4) is 0 Å². The van der Waals surface area contributed by atoms with Crippen LogP contribution in [0.15, 0.2) is 46.8 Å². The van der Waals surface area contributed by atoms with E-state index in [2.05, 4.69) is 26.2 Å². The van der Waals surface area contributed by atoms with Crippen molar-refractivity contribution < 1.29 is 9.53 Å². The SMILES string of the molecule is O=C(Nc1ccc(Br)cn1)OC1=CCCC=C1. The molecule has 0 radical (unpaired) electrons. The second kappa shape index (κ2) is 5.63. The number of hydrogen-bond donors (Lipinski definition) is 1. The minimum Gasteiger partial charge on any atom is -0.410 e. The van der Waals surface area contributed by atoms with Crippen molar-refractivity contribution in [3.05, 3.63) is 46.8 Å². The van der Waals surface area contributed by atoms with Crippen LogP contribution in [0.25, 0.3) is 0 Å². The van der Waals surface area contributed by atoms with E-state index in [0.717, 1.165) is 17.3 Å². The number of rotatable bonds is 2. The largest absolute Gasteiger partial charge is 0.418 e. The van der Waals surface area contributed by atoms with E-state index in [-0.39, 0.29) is 0 Å². The van der Waals surface area contributed by atoms with Gasteiger partial charge in [0, 0.05) is 10.7 Å². The highest BCUT2D eigenvalue weighted by Gasteiger charge is 2.07. The first-order chi connectivity index (χ1) is 8.24. The van der Waals surface area contributed by atoms with Gasteiger partial charge in [-0.15, -0.1) is 0 Å². The van der Waals surface area contributed by atoms with Gasteiger partial charge in [-0.3, -0.25) is 5.32 Å². The molecule has 0 spiro atoms. The molecule has 0 bridgehead atoms. The highest BCUT2D eigenvalue weighted by Crippen LogP contribution is 2.13. The Bertz CT molecular complexity index is 466. The average molecular weight is 295 g/mol. The van der Waals surface area contributed by atoms with Gasteiger partial charge in [0.15, 0.2) is 0 Å². The highest BCUT2D eigenvalue weighted by atomic mass is 79.9. The quantitative estimate of drug-likeness (QED) is 0.906. The van der Waals surface area contributed by atoms with Gasteiger partial charge in [0.2, 0.25) is 0 Å². The molecule has 0 fully saturated rings. The summed E-state index contributed by atoms with van der Waals surface area (Å²) < 4.78 is 5.95. The fourth-order valence-corrected chi connectivity index (χ4v) is 1.59. The van der Waals surface area contributed by atoms with E-state index in [1.165, 1.54) is 0 Å². The summed E-state index contributed by atoms with van der Waals surface area (Å²) in [5.74, 6) is 1.03. The lowest BCUT2D eigenvalue weighted by molar-refractivity contribution is 0.194. The zero-order valence-corrected chi connectivity index (χ0v) is 10.6. The minimum absolute atomic E-state index is 0.457. The zero-order valence-electron chi connectivity index (χ0n) is 9.02. The lowest BCUT2D eigenvalue weighted by atomic mass is 10.2. The summed E-state index contributed by atoms with van der Waals surface area (Å²) in [6.45, 7) is 0. The summed E-state index contributed by atoms with van der Waals surface area (Å²) in [6.07, 6.45) is 8.61. The number of nitrogens with one attached hydrogen (secondary N) is 1. The molecule has 1 N–H and O–H groups in total. The number of carbonyl (C=O) groups excluding carboxylic acids is 1. The number of pyridine rings is 1. The molecule has 0 unspecified atom stereocenters. The van der Waals surface area contributed by atoms with E-state index < -0.39 is 6.09 Å². The van der Waals surface area contributed by atoms with Crippen molar-refractivity contribution >= 4 is 27.8 Å². The van der Waals surface area contributed by atoms with Gasteiger partial charge in [-0.25, -0.2) is 9.78 Å². The minimum atomic E-state index is -0.530. The number of halogens is 1. The fraction of sp³-hybridized carbons (Fsp3) is 0.167. The normalized spacial score (nSPS) is 14.1. The number of anilines is 1. The van der Waals surface area contributed by atoms with Gasteiger partial charge in [0.05, 0.1) is 0 Å². The number of aromatic nitrogens is 1. The van der Waals surface area contributed by atoms with Crippen LogP contribution in [0.1, 0.15) is 12.8 Å². The van der Waals surface area contributed by atoms with Crippen molar-refractivity contribution in [3.63, 3.8) is 0 Å². The number of allylic oxidation sites excluding steroid dienone is 3. The number of amides is 1. The highest BCUT2D eigenvalue weighted by molar-refractivity contribution is 9.10. The summed E-state index contributed by atoms with van der Waals surface area (Å²) in [5.41, 5.74) is 0. The van der Waals surface area contributed by atoms with Crippen LogP contribution in [0.3, 0.4) is 0 Å². The first-order valence-electron chi connectivity index (χ1n) is 5.21. The molecule has 4 nitrogen and oxygen atoms in total. The van der Waals surface area contributed by atoms with E-state index in [1.807, 2.05) is 12.2 Å². The Balaban J connectivity index is 1.91. The van der Waals surface area contributed by atoms with Crippen molar-refractivity contribution in [2.45, 2.75) is 12.8 Å². The standard InChI is InChI=1S/C12H11BrN2O2/c13-9-6-7-11(14-8-9)15-12(16)17-10-4-2-1-3-5-10/h2,4-8H,1,3H2,(H,14,15,16). The predicted molar refractivity (Wildman–Crippen MR) is 68.5 cm³/mol. The van der Waals surface area contributed by atoms with Crippen LogP contribution in [0.4, 0.5) is 10.6 Å². The Labute approximate surface area is 108 Å². The first-order valence-corrected chi connectivity index (χ1v) is 6.00. The Morgan fingerprint density at radius 2 is 2.29 bits per heavy atom. The molecule has 88 valence electrons. The molecule has 0 atom stereocenters. The summed E-state index contributed by atoms with van der Waals surface area (Å²) >= 11 is 3.27. The molecule has 1 heterocycles. The molecule has 1 amide bonds. The van der Waals surface area contributed by atoms with Gasteiger partial charge in [-0.05, 0) is 53.1 Å². The lowest BCUT2D eigenvalue weighted by Crippen LogP contribution is -2.14. The molecule has 1 aromatic rings. The number of carbonyl (C=O) groups is 1. The monoisotopic (exact) mass is 294 g/mol. The predicted octanol–water partition coefficient (Wildman–Crippen LogP) is 3.63. The van der Waals surface area contributed by atoms with Crippen LogP contribution < -0.4 is 5.32 Å². The summed E-state index contributed by atoms with van der Waals surface area (Å²) in [6, 6.07) is 3.48. The fourth-order valence-electron chi connectivity index (χ4n) is 1.35. The van der Waals surface area contributed by atoms with E-state index in [0.29, 0.717) is 11.6 Å². The summed E-state index contributed by atoms with van der Waals surface area (Å²) in [4.78, 5) is 15.5. The maximum Gasteiger partial charge on any atom is 0.418 e. The van der Waals surface area contributed by atoms with Crippen LogP contribution in [-0.4, -0.2) is 11.1 Å². The van der Waals surface area contributed by atoms with Crippen LogP contribution in [0.2, 0.25) is 0 Å². The third-order valence-electron chi connectivity index (χ3n) is 2.13. The molecule has 5 heteroatoms. The zero-order chi connectivity index (χ0) is 12.1. The molecule has 0 aliphatic heterocycles. The first kappa shape index (κ1) is 11.9. The molecule has 2 rings (SSSR count). The molecule has 17 heavy (non-hydrogen) atoms. The van der Waals surface area contributed by atoms with Crippen molar-refractivity contribution in [1.29, 1.82) is 0 Å². The average Bonchev–Trinajstić information content (AvgIpc) is 2.33. The van der Waals surface area contributed by atoms with Crippen LogP contribution >= 0.6 is 15.9 Å². The van der Waals surface area contributed by atoms with E-state index in [9.17, 15) is 4.79 Å². The summed E-state index contributed by atoms with van der Waals surface area (Å²) in [7, 11) is 0. The topological polar surface area (TPSA) is 51.2 Å². The molecule has 0 saturated heterocycles. The third kappa shape index (κ3) is 3.71. The van der Waals surface area contributed by atoms with Gasteiger partial charge in [0.1, 0.15) is 11.6 Å². The molecule has 0 saturated carbocycles. The van der Waals surface area contributed by atoms with E-state index in [1.54, 1.807) is 24.4 Å². The lowest BCUT2D eigenvalue weighted by Gasteiger charge is -2.08. The van der Waals surface area contributed by atoms with Gasteiger partial charge in [-0.2, -0.15) is 0 Å². The molecular formula is C12H11BrN2O2.